The lowest BCUT2D eigenvalue weighted by atomic mass is 10.2. The second-order valence-corrected chi connectivity index (χ2v) is 1.90. The summed E-state index contributed by atoms with van der Waals surface area (Å²) in [5, 5.41) is 0. The van der Waals surface area contributed by atoms with Gasteiger partial charge in [0.05, 0.1) is 0 Å². The van der Waals surface area contributed by atoms with Gasteiger partial charge in [0.25, 0.3) is 0 Å². The lowest BCUT2D eigenvalue weighted by Gasteiger charge is -1.94. The first-order valence-corrected chi connectivity index (χ1v) is 5.33. The average Bonchev–Trinajstić information content (AvgIpc) is 2.23. The molecule has 0 aromatic heterocycles. The Labute approximate surface area is 84.7 Å². The van der Waals surface area contributed by atoms with E-state index in [-0.39, 0.29) is 0 Å². The van der Waals surface area contributed by atoms with Crippen LogP contribution in [0.5, 0.6) is 0 Å². The van der Waals surface area contributed by atoms with Crippen molar-refractivity contribution in [2.75, 3.05) is 6.54 Å². The number of hydrogen-bond donors (Lipinski definition) is 1. The Hall–Kier alpha value is -0.560. The van der Waals surface area contributed by atoms with Crippen molar-refractivity contribution in [3.8, 4) is 0 Å². The van der Waals surface area contributed by atoms with Crippen molar-refractivity contribution >= 4 is 0 Å². The third kappa shape index (κ3) is 18.4. The maximum atomic E-state index is 5.36. The van der Waals surface area contributed by atoms with E-state index in [4.69, 9.17) is 5.73 Å². The van der Waals surface area contributed by atoms with Crippen LogP contribution in [0.3, 0.4) is 0 Å². The second kappa shape index (κ2) is 22.5. The van der Waals surface area contributed by atoms with E-state index in [1.165, 1.54) is 5.57 Å². The van der Waals surface area contributed by atoms with E-state index in [1.54, 1.807) is 0 Å². The van der Waals surface area contributed by atoms with Crippen LogP contribution < -0.4 is 5.73 Å². The molecule has 0 aliphatic heterocycles. The zero-order valence-corrected chi connectivity index (χ0v) is 10.2. The van der Waals surface area contributed by atoms with Gasteiger partial charge in [-0.2, -0.15) is 0 Å². The highest BCUT2D eigenvalue weighted by Gasteiger charge is 1.84. The average molecular weight is 185 g/mol. The van der Waals surface area contributed by atoms with Crippen LogP contribution in [0.4, 0.5) is 0 Å². The standard InChI is InChI=1S/C8H15N.2C2H6/c1-3-5-8(4-2)6-7-9;2*1-2/h3-5H,6-7,9H2,1-2H3;2*1-2H3/b5-3-,8-4+;;. The van der Waals surface area contributed by atoms with E-state index in [9.17, 15) is 0 Å². The SMILES string of the molecule is C/C=C\C(=C/C)CCN.CC.CC. The highest BCUT2D eigenvalue weighted by Crippen LogP contribution is 2.00. The van der Waals surface area contributed by atoms with E-state index in [2.05, 4.69) is 12.2 Å². The number of hydrogen-bond acceptors (Lipinski definition) is 1. The molecule has 0 aliphatic rings. The first-order chi connectivity index (χ1) is 6.35. The molecule has 0 fully saturated rings. The fraction of sp³-hybridized carbons (Fsp3) is 0.667. The Balaban J connectivity index is -0.000000218. The minimum absolute atomic E-state index is 0.740. The van der Waals surface area contributed by atoms with Crippen molar-refractivity contribution in [1.29, 1.82) is 0 Å². The Bertz CT molecular complexity index is 112. The molecule has 0 rings (SSSR count). The molecular weight excluding hydrogens is 158 g/mol. The Kier molecular flexibility index (Phi) is 31.7. The van der Waals surface area contributed by atoms with Gasteiger partial charge in [0.15, 0.2) is 0 Å². The van der Waals surface area contributed by atoms with Crippen molar-refractivity contribution in [2.45, 2.75) is 48.0 Å². The van der Waals surface area contributed by atoms with E-state index in [0.717, 1.165) is 13.0 Å². The van der Waals surface area contributed by atoms with Gasteiger partial charge in [-0.15, -0.1) is 0 Å². The van der Waals surface area contributed by atoms with Crippen molar-refractivity contribution in [1.82, 2.24) is 0 Å². The first kappa shape index (κ1) is 18.3. The van der Waals surface area contributed by atoms with Crippen LogP contribution in [0.2, 0.25) is 0 Å². The molecule has 0 spiro atoms. The molecule has 13 heavy (non-hydrogen) atoms. The van der Waals surface area contributed by atoms with Gasteiger partial charge in [-0.1, -0.05) is 51.5 Å². The summed E-state index contributed by atoms with van der Waals surface area (Å²) in [6.45, 7) is 12.8. The van der Waals surface area contributed by atoms with Gasteiger partial charge >= 0.3 is 0 Å². The smallest absolute Gasteiger partial charge is 0.00368 e. The summed E-state index contributed by atoms with van der Waals surface area (Å²) in [6.07, 6.45) is 7.20. The van der Waals surface area contributed by atoms with Gasteiger partial charge in [-0.05, 0) is 26.8 Å². The molecule has 1 nitrogen and oxygen atoms in total. The fourth-order valence-corrected chi connectivity index (χ4v) is 0.705. The van der Waals surface area contributed by atoms with Crippen LogP contribution in [0.1, 0.15) is 48.0 Å². The van der Waals surface area contributed by atoms with Crippen LogP contribution in [0.15, 0.2) is 23.8 Å². The van der Waals surface area contributed by atoms with Gasteiger partial charge in [0, 0.05) is 0 Å². The molecule has 0 bridgehead atoms. The highest BCUT2D eigenvalue weighted by atomic mass is 14.5. The third-order valence-corrected chi connectivity index (χ3v) is 1.18. The molecule has 0 radical (unpaired) electrons. The summed E-state index contributed by atoms with van der Waals surface area (Å²) in [5.41, 5.74) is 6.68. The van der Waals surface area contributed by atoms with Crippen LogP contribution in [-0.2, 0) is 0 Å². The van der Waals surface area contributed by atoms with Crippen molar-refractivity contribution in [3.63, 3.8) is 0 Å². The summed E-state index contributed by atoms with van der Waals surface area (Å²) in [5.74, 6) is 0. The Morgan fingerprint density at radius 3 is 1.77 bits per heavy atom. The number of allylic oxidation sites excluding steroid dienone is 3. The highest BCUT2D eigenvalue weighted by molar-refractivity contribution is 5.17. The summed E-state index contributed by atoms with van der Waals surface area (Å²) < 4.78 is 0. The largest absolute Gasteiger partial charge is 0.330 e. The van der Waals surface area contributed by atoms with E-state index in [1.807, 2.05) is 47.6 Å². The van der Waals surface area contributed by atoms with E-state index in [0.29, 0.717) is 0 Å². The molecule has 0 aliphatic carbocycles. The molecule has 0 aromatic rings. The molecule has 2 N–H and O–H groups in total. The number of rotatable bonds is 3. The maximum absolute atomic E-state index is 5.36. The summed E-state index contributed by atoms with van der Waals surface area (Å²) >= 11 is 0. The lowest BCUT2D eigenvalue weighted by Crippen LogP contribution is -1.98. The third-order valence-electron chi connectivity index (χ3n) is 1.18. The molecule has 80 valence electrons. The molecule has 0 unspecified atom stereocenters. The van der Waals surface area contributed by atoms with Gasteiger partial charge in [0.2, 0.25) is 0 Å². The van der Waals surface area contributed by atoms with Gasteiger partial charge < -0.3 is 5.73 Å². The van der Waals surface area contributed by atoms with E-state index < -0.39 is 0 Å². The molecular formula is C12H27N. The van der Waals surface area contributed by atoms with Crippen molar-refractivity contribution < 1.29 is 0 Å². The quantitative estimate of drug-likeness (QED) is 0.663. The van der Waals surface area contributed by atoms with Gasteiger partial charge in [-0.3, -0.25) is 0 Å². The topological polar surface area (TPSA) is 26.0 Å². The normalized spacial score (nSPS) is 9.92. The minimum atomic E-state index is 0.740. The van der Waals surface area contributed by atoms with Crippen molar-refractivity contribution in [3.05, 3.63) is 23.8 Å². The molecule has 0 aromatic carbocycles. The Morgan fingerprint density at radius 1 is 1.08 bits per heavy atom. The minimum Gasteiger partial charge on any atom is -0.330 e. The van der Waals surface area contributed by atoms with E-state index >= 15 is 0 Å². The molecule has 0 saturated heterocycles. The lowest BCUT2D eigenvalue weighted by molar-refractivity contribution is 0.970. The monoisotopic (exact) mass is 185 g/mol. The Morgan fingerprint density at radius 2 is 1.54 bits per heavy atom. The summed E-state index contributed by atoms with van der Waals surface area (Å²) in [4.78, 5) is 0. The molecule has 0 saturated carbocycles. The van der Waals surface area contributed by atoms with Crippen LogP contribution in [0.25, 0.3) is 0 Å². The second-order valence-electron chi connectivity index (χ2n) is 1.90. The van der Waals surface area contributed by atoms with Crippen LogP contribution in [0, 0.1) is 0 Å². The predicted octanol–water partition coefficient (Wildman–Crippen LogP) is 3.91. The van der Waals surface area contributed by atoms with Crippen LogP contribution >= 0.6 is 0 Å². The molecule has 0 amide bonds. The first-order valence-electron chi connectivity index (χ1n) is 5.33. The van der Waals surface area contributed by atoms with Crippen LogP contribution in [-0.4, -0.2) is 6.54 Å². The fourth-order valence-electron chi connectivity index (χ4n) is 0.705. The van der Waals surface area contributed by atoms with Crippen molar-refractivity contribution in [2.24, 2.45) is 5.73 Å². The van der Waals surface area contributed by atoms with Gasteiger partial charge in [0.1, 0.15) is 0 Å². The predicted molar refractivity (Wildman–Crippen MR) is 64.9 cm³/mol. The summed E-state index contributed by atoms with van der Waals surface area (Å²) in [7, 11) is 0. The molecule has 0 heterocycles. The summed E-state index contributed by atoms with van der Waals surface area (Å²) in [6, 6.07) is 0. The number of nitrogens with two attached hydrogens (primary N) is 1. The molecule has 1 heteroatoms. The zero-order valence-electron chi connectivity index (χ0n) is 10.2. The van der Waals surface area contributed by atoms with Gasteiger partial charge in [-0.25, -0.2) is 0 Å². The zero-order chi connectivity index (χ0) is 11.1. The maximum Gasteiger partial charge on any atom is -0.00368 e. The molecule has 0 atom stereocenters.